The molecule has 0 aromatic heterocycles. The van der Waals surface area contributed by atoms with Crippen LogP contribution in [-0.2, 0) is 0 Å². The Kier molecular flexibility index (Phi) is 6.79. The molecule has 0 heterocycles. The molecule has 0 amide bonds. The topological polar surface area (TPSA) is 0 Å². The Labute approximate surface area is 105 Å². The van der Waals surface area contributed by atoms with Crippen LogP contribution < -0.4 is 0 Å². The van der Waals surface area contributed by atoms with Gasteiger partial charge in [0.05, 0.1) is 0 Å². The van der Waals surface area contributed by atoms with E-state index in [4.69, 9.17) is 0 Å². The van der Waals surface area contributed by atoms with Crippen LogP contribution in [0.3, 0.4) is 0 Å². The molecule has 16 heavy (non-hydrogen) atoms. The fourth-order valence-electron chi connectivity index (χ4n) is 2.64. The summed E-state index contributed by atoms with van der Waals surface area (Å²) >= 11 is 2.07. The molecule has 0 aromatic carbocycles. The Hall–Kier alpha value is 0.280. The standard InChI is InChI=1S/C14H27FS/c1-4-6-7-13(5-2)16-14-9-11(3)8-12(15)10-14/h11-14H,4-10H2,1-3H3/t11-,12?,13+,14-/m1/s1. The van der Waals surface area contributed by atoms with Gasteiger partial charge in [-0.25, -0.2) is 4.39 Å². The predicted molar refractivity (Wildman–Crippen MR) is 72.9 cm³/mol. The molecule has 0 aliphatic heterocycles. The van der Waals surface area contributed by atoms with Crippen molar-refractivity contribution in [1.82, 2.24) is 0 Å². The van der Waals surface area contributed by atoms with Gasteiger partial charge in [-0.15, -0.1) is 0 Å². The van der Waals surface area contributed by atoms with Crippen molar-refractivity contribution in [1.29, 1.82) is 0 Å². The van der Waals surface area contributed by atoms with Gasteiger partial charge in [0.1, 0.15) is 6.17 Å². The lowest BCUT2D eigenvalue weighted by molar-refractivity contribution is 0.213. The van der Waals surface area contributed by atoms with Gasteiger partial charge in [0.15, 0.2) is 0 Å². The second kappa shape index (κ2) is 7.58. The van der Waals surface area contributed by atoms with E-state index in [0.717, 1.165) is 18.1 Å². The van der Waals surface area contributed by atoms with Gasteiger partial charge in [-0.1, -0.05) is 33.6 Å². The van der Waals surface area contributed by atoms with E-state index >= 15 is 0 Å². The number of unbranched alkanes of at least 4 members (excludes halogenated alkanes) is 1. The largest absolute Gasteiger partial charge is 0.247 e. The average Bonchev–Trinajstić information content (AvgIpc) is 2.22. The second-order valence-corrected chi connectivity index (χ2v) is 6.95. The molecule has 0 aromatic rings. The van der Waals surface area contributed by atoms with Gasteiger partial charge < -0.3 is 0 Å². The first-order valence-electron chi connectivity index (χ1n) is 6.95. The third-order valence-electron chi connectivity index (χ3n) is 3.56. The van der Waals surface area contributed by atoms with Crippen LogP contribution in [0, 0.1) is 5.92 Å². The molecule has 0 bridgehead atoms. The first-order chi connectivity index (χ1) is 7.65. The number of alkyl halides is 1. The van der Waals surface area contributed by atoms with Crippen molar-refractivity contribution in [2.45, 2.75) is 82.4 Å². The molecule has 1 saturated carbocycles. The molecule has 0 spiro atoms. The molecule has 0 saturated heterocycles. The van der Waals surface area contributed by atoms with E-state index in [1.807, 2.05) is 0 Å². The molecule has 1 aliphatic rings. The van der Waals surface area contributed by atoms with E-state index in [1.54, 1.807) is 0 Å². The molecule has 1 aliphatic carbocycles. The van der Waals surface area contributed by atoms with E-state index in [9.17, 15) is 4.39 Å². The van der Waals surface area contributed by atoms with Gasteiger partial charge in [0.25, 0.3) is 0 Å². The van der Waals surface area contributed by atoms with Crippen molar-refractivity contribution in [3.63, 3.8) is 0 Å². The summed E-state index contributed by atoms with van der Waals surface area (Å²) in [6.45, 7) is 6.72. The lowest BCUT2D eigenvalue weighted by Crippen LogP contribution is -2.25. The highest BCUT2D eigenvalue weighted by Gasteiger charge is 2.28. The minimum Gasteiger partial charge on any atom is -0.247 e. The van der Waals surface area contributed by atoms with Crippen LogP contribution in [0.4, 0.5) is 4.39 Å². The molecule has 1 rings (SSSR count). The molecule has 0 radical (unpaired) electrons. The van der Waals surface area contributed by atoms with Gasteiger partial charge >= 0.3 is 0 Å². The maximum atomic E-state index is 13.5. The Morgan fingerprint density at radius 3 is 2.56 bits per heavy atom. The van der Waals surface area contributed by atoms with E-state index in [-0.39, 0.29) is 0 Å². The van der Waals surface area contributed by atoms with Gasteiger partial charge in [0.2, 0.25) is 0 Å². The zero-order chi connectivity index (χ0) is 12.0. The SMILES string of the molecule is CCCC[C@H](CC)S[C@H]1CC(F)C[C@@H](C)C1. The quantitative estimate of drug-likeness (QED) is 0.619. The van der Waals surface area contributed by atoms with Crippen LogP contribution in [0.2, 0.25) is 0 Å². The lowest BCUT2D eigenvalue weighted by Gasteiger charge is -2.31. The molecule has 1 unspecified atom stereocenters. The smallest absolute Gasteiger partial charge is 0.101 e. The summed E-state index contributed by atoms with van der Waals surface area (Å²) in [7, 11) is 0. The number of rotatable bonds is 6. The molecule has 4 atom stereocenters. The fraction of sp³-hybridized carbons (Fsp3) is 1.00. The highest BCUT2D eigenvalue weighted by Crippen LogP contribution is 2.37. The van der Waals surface area contributed by atoms with Crippen LogP contribution >= 0.6 is 11.8 Å². The second-order valence-electron chi connectivity index (χ2n) is 5.34. The first kappa shape index (κ1) is 14.3. The van der Waals surface area contributed by atoms with Gasteiger partial charge in [-0.05, 0) is 38.0 Å². The highest BCUT2D eigenvalue weighted by atomic mass is 32.2. The Balaban J connectivity index is 2.32. The van der Waals surface area contributed by atoms with Gasteiger partial charge in [-0.2, -0.15) is 11.8 Å². The molecule has 2 heteroatoms. The molecule has 1 fully saturated rings. The van der Waals surface area contributed by atoms with Crippen molar-refractivity contribution in [3.05, 3.63) is 0 Å². The van der Waals surface area contributed by atoms with Crippen molar-refractivity contribution in [2.75, 3.05) is 0 Å². The van der Waals surface area contributed by atoms with Crippen LogP contribution in [0.25, 0.3) is 0 Å². The van der Waals surface area contributed by atoms with Crippen molar-refractivity contribution in [3.8, 4) is 0 Å². The first-order valence-corrected chi connectivity index (χ1v) is 7.89. The highest BCUT2D eigenvalue weighted by molar-refractivity contribution is 8.00. The minimum atomic E-state index is -0.537. The Bertz CT molecular complexity index is 174. The summed E-state index contributed by atoms with van der Waals surface area (Å²) in [6, 6.07) is 0. The maximum Gasteiger partial charge on any atom is 0.101 e. The zero-order valence-electron chi connectivity index (χ0n) is 11.0. The average molecular weight is 246 g/mol. The third-order valence-corrected chi connectivity index (χ3v) is 5.29. The summed E-state index contributed by atoms with van der Waals surface area (Å²) in [4.78, 5) is 0. The molecular formula is C14H27FS. The van der Waals surface area contributed by atoms with Crippen LogP contribution in [0.1, 0.15) is 65.7 Å². The summed E-state index contributed by atoms with van der Waals surface area (Å²) in [5, 5.41) is 1.35. The number of hydrogen-bond acceptors (Lipinski definition) is 1. The van der Waals surface area contributed by atoms with E-state index in [1.165, 1.54) is 32.1 Å². The number of halogens is 1. The minimum absolute atomic E-state index is 0.537. The van der Waals surface area contributed by atoms with Crippen molar-refractivity contribution < 1.29 is 4.39 Å². The number of hydrogen-bond donors (Lipinski definition) is 0. The fourth-order valence-corrected chi connectivity index (χ4v) is 4.44. The summed E-state index contributed by atoms with van der Waals surface area (Å²) in [6.07, 6.45) is 7.46. The maximum absolute atomic E-state index is 13.5. The normalized spacial score (nSPS) is 32.6. The monoisotopic (exact) mass is 246 g/mol. The predicted octanol–water partition coefficient (Wildman–Crippen LogP) is 5.22. The van der Waals surface area contributed by atoms with E-state index in [0.29, 0.717) is 11.2 Å². The van der Waals surface area contributed by atoms with Crippen molar-refractivity contribution >= 4 is 11.8 Å². The lowest BCUT2D eigenvalue weighted by atomic mass is 9.89. The third kappa shape index (κ3) is 5.07. The van der Waals surface area contributed by atoms with Crippen LogP contribution in [0.15, 0.2) is 0 Å². The molecule has 0 nitrogen and oxygen atoms in total. The van der Waals surface area contributed by atoms with Crippen molar-refractivity contribution in [2.24, 2.45) is 5.92 Å². The van der Waals surface area contributed by atoms with Crippen LogP contribution in [0.5, 0.6) is 0 Å². The van der Waals surface area contributed by atoms with Crippen LogP contribution in [-0.4, -0.2) is 16.7 Å². The Morgan fingerprint density at radius 1 is 1.25 bits per heavy atom. The van der Waals surface area contributed by atoms with E-state index in [2.05, 4.69) is 32.5 Å². The van der Waals surface area contributed by atoms with Gasteiger partial charge in [-0.3, -0.25) is 0 Å². The zero-order valence-corrected chi connectivity index (χ0v) is 11.9. The molecule has 96 valence electrons. The van der Waals surface area contributed by atoms with E-state index < -0.39 is 6.17 Å². The summed E-state index contributed by atoms with van der Waals surface area (Å²) < 4.78 is 13.5. The summed E-state index contributed by atoms with van der Waals surface area (Å²) in [5.74, 6) is 0.588. The van der Waals surface area contributed by atoms with Gasteiger partial charge in [0, 0.05) is 10.5 Å². The molecule has 0 N–H and O–H groups in total. The Morgan fingerprint density at radius 2 is 2.00 bits per heavy atom. The summed E-state index contributed by atoms with van der Waals surface area (Å²) in [5.41, 5.74) is 0. The number of thioether (sulfide) groups is 1. The molecular weight excluding hydrogens is 219 g/mol.